The Kier molecular flexibility index (Phi) is 11.0. The molecule has 16 unspecified atom stereocenters. The van der Waals surface area contributed by atoms with Crippen LogP contribution in [0.4, 0.5) is 0 Å². The van der Waals surface area contributed by atoms with Crippen LogP contribution >= 0.6 is 0 Å². The fourth-order valence-electron chi connectivity index (χ4n) is 11.5. The summed E-state index contributed by atoms with van der Waals surface area (Å²) < 4.78 is 42.9. The molecule has 3 saturated carbocycles. The van der Waals surface area contributed by atoms with Crippen LogP contribution in [0.25, 0.3) is 0 Å². The predicted molar refractivity (Wildman–Crippen MR) is 197 cm³/mol. The first-order chi connectivity index (χ1) is 26.0. The Morgan fingerprint density at radius 2 is 1.51 bits per heavy atom. The van der Waals surface area contributed by atoms with Crippen LogP contribution in [0.5, 0.6) is 0 Å². The Balaban J connectivity index is 1.08. The number of aliphatic hydroxyl groups is 4. The molecule has 13 nitrogen and oxygen atoms in total. The molecule has 1 aromatic carbocycles. The number of benzene rings is 1. The average molecular weight is 773 g/mol. The number of ketones is 1. The van der Waals surface area contributed by atoms with Crippen LogP contribution in [0.15, 0.2) is 42.0 Å². The highest BCUT2D eigenvalue weighted by Gasteiger charge is 2.81. The minimum absolute atomic E-state index is 0.0274. The quantitative estimate of drug-likeness (QED) is 0.211. The Bertz CT molecular complexity index is 1620. The van der Waals surface area contributed by atoms with Crippen LogP contribution < -0.4 is 0 Å². The van der Waals surface area contributed by atoms with Gasteiger partial charge in [-0.1, -0.05) is 36.8 Å². The molecule has 0 spiro atoms. The highest BCUT2D eigenvalue weighted by Crippen LogP contribution is 2.71. The average Bonchev–Trinajstić information content (AvgIpc) is 3.39. The summed E-state index contributed by atoms with van der Waals surface area (Å²) in [6.07, 6.45) is -0.392. The summed E-state index contributed by atoms with van der Waals surface area (Å²) >= 11 is 0. The van der Waals surface area contributed by atoms with Gasteiger partial charge in [-0.15, -0.1) is 0 Å². The van der Waals surface area contributed by atoms with E-state index in [1.807, 2.05) is 13.0 Å². The molecule has 0 amide bonds. The van der Waals surface area contributed by atoms with Crippen molar-refractivity contribution in [3.05, 3.63) is 47.5 Å². The summed E-state index contributed by atoms with van der Waals surface area (Å²) in [6, 6.07) is 8.53. The lowest BCUT2D eigenvalue weighted by Gasteiger charge is -2.67. The number of Topliss-reactive ketones (excluding diaryl/α,β-unsaturated/α-hetero) is 1. The minimum Gasteiger partial charge on any atom is -0.458 e. The van der Waals surface area contributed by atoms with Crippen LogP contribution in [-0.2, 0) is 38.0 Å². The van der Waals surface area contributed by atoms with E-state index in [0.29, 0.717) is 37.7 Å². The lowest BCUT2D eigenvalue weighted by atomic mass is 9.42. The molecular formula is C42H60O13. The third-order valence-corrected chi connectivity index (χ3v) is 14.9. The number of carbonyl (C=O) groups excluding carboxylic acids is 2. The van der Waals surface area contributed by atoms with E-state index in [2.05, 4.69) is 6.92 Å². The molecule has 0 aromatic heterocycles. The summed E-state index contributed by atoms with van der Waals surface area (Å²) in [7, 11) is 3.20. The number of esters is 1. The second-order valence-electron chi connectivity index (χ2n) is 17.5. The second-order valence-corrected chi connectivity index (χ2v) is 17.5. The lowest BCUT2D eigenvalue weighted by Crippen LogP contribution is -2.78. The number of hydrogen-bond acceptors (Lipinski definition) is 13. The Morgan fingerprint density at radius 1 is 0.855 bits per heavy atom. The van der Waals surface area contributed by atoms with E-state index in [1.165, 1.54) is 6.92 Å². The molecule has 16 atom stereocenters. The van der Waals surface area contributed by atoms with Crippen molar-refractivity contribution in [2.45, 2.75) is 171 Å². The van der Waals surface area contributed by atoms with Gasteiger partial charge in [-0.3, -0.25) is 4.79 Å². The second kappa shape index (κ2) is 14.8. The Morgan fingerprint density at radius 3 is 2.18 bits per heavy atom. The number of carbonyl (C=O) groups is 2. The summed E-state index contributed by atoms with van der Waals surface area (Å²) in [6.45, 7) is 8.70. The normalized spacial score (nSPS) is 48.2. The molecular weight excluding hydrogens is 712 g/mol. The van der Waals surface area contributed by atoms with E-state index in [9.17, 15) is 30.0 Å². The molecule has 306 valence electrons. The van der Waals surface area contributed by atoms with Gasteiger partial charge >= 0.3 is 5.97 Å². The largest absolute Gasteiger partial charge is 0.458 e. The molecule has 6 aliphatic rings. The van der Waals surface area contributed by atoms with Gasteiger partial charge in [0.1, 0.15) is 35.1 Å². The lowest BCUT2D eigenvalue weighted by molar-refractivity contribution is -0.322. The molecule has 1 aromatic rings. The molecule has 4 N–H and O–H groups in total. The highest BCUT2D eigenvalue weighted by atomic mass is 16.7. The third kappa shape index (κ3) is 6.36. The number of fused-ring (bicyclic) bond motifs is 5. The standard InChI is InChI=1S/C42H60O13/c1-23-35(44)29(49-6)20-34(51-23)55-36-24(2)52-33(21-30(36)50-7)53-28-14-15-38(4)27(19-28)13-16-41(47)31(38)22-32(54-37(45)26-11-9-8-10-12-26)39(5)40(46,25(3)43)17-18-42(39,41)48/h8-13,23-24,28-36,44,46-48H,14-22H2,1-7H3. The van der Waals surface area contributed by atoms with Crippen molar-refractivity contribution in [1.29, 1.82) is 0 Å². The monoisotopic (exact) mass is 772 g/mol. The SMILES string of the molecule is COC1CC(OC2C(C)OC(OC3CCC4(C)C(=CCC5(O)C4CC(OC(=O)c4ccccc4)C4(C)C(O)(C(C)=O)CCC54O)C3)CC2OC)OC(C)C1O. The van der Waals surface area contributed by atoms with E-state index in [-0.39, 0.29) is 44.0 Å². The Hall–Kier alpha value is -2.30. The molecule has 2 saturated heterocycles. The minimum atomic E-state index is -2.02. The maximum Gasteiger partial charge on any atom is 0.338 e. The van der Waals surface area contributed by atoms with Gasteiger partial charge in [0.05, 0.1) is 41.5 Å². The molecule has 13 heteroatoms. The molecule has 0 radical (unpaired) electrons. The smallest absolute Gasteiger partial charge is 0.338 e. The van der Waals surface area contributed by atoms with Gasteiger partial charge in [-0.2, -0.15) is 0 Å². The molecule has 0 bridgehead atoms. The summed E-state index contributed by atoms with van der Waals surface area (Å²) in [5.74, 6) is -1.70. The number of hydrogen-bond donors (Lipinski definition) is 4. The first kappa shape index (κ1) is 40.9. The number of ether oxygens (including phenoxy) is 7. The van der Waals surface area contributed by atoms with Crippen molar-refractivity contribution in [2.75, 3.05) is 14.2 Å². The number of rotatable bonds is 9. The van der Waals surface area contributed by atoms with Crippen LogP contribution in [0.1, 0.15) is 103 Å². The molecule has 55 heavy (non-hydrogen) atoms. The van der Waals surface area contributed by atoms with E-state index in [0.717, 1.165) is 5.57 Å². The Labute approximate surface area is 323 Å². The van der Waals surface area contributed by atoms with Gasteiger partial charge < -0.3 is 53.6 Å². The molecule has 2 aliphatic heterocycles. The summed E-state index contributed by atoms with van der Waals surface area (Å²) in [4.78, 5) is 26.8. The van der Waals surface area contributed by atoms with Crippen molar-refractivity contribution < 1.29 is 63.2 Å². The van der Waals surface area contributed by atoms with Crippen LogP contribution in [0.3, 0.4) is 0 Å². The van der Waals surface area contributed by atoms with E-state index in [1.54, 1.807) is 58.4 Å². The molecule has 5 fully saturated rings. The van der Waals surface area contributed by atoms with Crippen molar-refractivity contribution >= 4 is 11.8 Å². The topological polar surface area (TPSA) is 180 Å². The van der Waals surface area contributed by atoms with Crippen molar-refractivity contribution in [3.63, 3.8) is 0 Å². The first-order valence-corrected chi connectivity index (χ1v) is 19.9. The van der Waals surface area contributed by atoms with Crippen molar-refractivity contribution in [3.8, 4) is 0 Å². The highest BCUT2D eigenvalue weighted by molar-refractivity contribution is 5.90. The molecule has 4 aliphatic carbocycles. The van der Waals surface area contributed by atoms with Gasteiger partial charge in [-0.25, -0.2) is 4.79 Å². The first-order valence-electron chi connectivity index (χ1n) is 19.9. The predicted octanol–water partition coefficient (Wildman–Crippen LogP) is 3.77. The van der Waals surface area contributed by atoms with Gasteiger partial charge in [0, 0.05) is 33.0 Å². The summed E-state index contributed by atoms with van der Waals surface area (Å²) in [5.41, 5.74) is -6.52. The zero-order valence-electron chi connectivity index (χ0n) is 33.1. The number of aliphatic hydroxyl groups excluding tert-OH is 1. The maximum absolute atomic E-state index is 13.6. The van der Waals surface area contributed by atoms with Gasteiger partial charge in [0.25, 0.3) is 0 Å². The van der Waals surface area contributed by atoms with Gasteiger partial charge in [0.15, 0.2) is 18.4 Å². The molecule has 7 rings (SSSR count). The fraction of sp³-hybridized carbons (Fsp3) is 0.762. The summed E-state index contributed by atoms with van der Waals surface area (Å²) in [5, 5.41) is 48.1. The van der Waals surface area contributed by atoms with Gasteiger partial charge in [-0.05, 0) is 90.2 Å². The fourth-order valence-corrected chi connectivity index (χ4v) is 11.5. The van der Waals surface area contributed by atoms with Crippen LogP contribution in [0, 0.1) is 16.7 Å². The zero-order valence-corrected chi connectivity index (χ0v) is 33.1. The molecule has 2 heterocycles. The van der Waals surface area contributed by atoms with Crippen molar-refractivity contribution in [1.82, 2.24) is 0 Å². The van der Waals surface area contributed by atoms with E-state index < -0.39 is 88.4 Å². The van der Waals surface area contributed by atoms with Crippen molar-refractivity contribution in [2.24, 2.45) is 16.7 Å². The third-order valence-electron chi connectivity index (χ3n) is 14.9. The van der Waals surface area contributed by atoms with E-state index in [4.69, 9.17) is 33.2 Å². The van der Waals surface area contributed by atoms with Crippen LogP contribution in [-0.4, -0.2) is 125 Å². The maximum atomic E-state index is 13.6. The zero-order chi connectivity index (χ0) is 39.7. The van der Waals surface area contributed by atoms with Crippen LogP contribution in [0.2, 0.25) is 0 Å². The van der Waals surface area contributed by atoms with E-state index >= 15 is 0 Å². The number of methoxy groups -OCH3 is 2. The van der Waals surface area contributed by atoms with Gasteiger partial charge in [0.2, 0.25) is 0 Å².